The van der Waals surface area contributed by atoms with E-state index < -0.39 is 133 Å². The first-order valence-electron chi connectivity index (χ1n) is 30.3. The second-order valence-electron chi connectivity index (χ2n) is 22.9. The highest BCUT2D eigenvalue weighted by Gasteiger charge is 2.48. The summed E-state index contributed by atoms with van der Waals surface area (Å²) in [6.07, 6.45) is 0.0446. The maximum atomic E-state index is 15.3. The number of fused-ring (bicyclic) bond motifs is 2. The number of thiophene rings is 1. The Hall–Kier alpha value is -9.47. The number of nitrogens with one attached hydrogen (secondary N) is 5. The summed E-state index contributed by atoms with van der Waals surface area (Å²) in [4.78, 5) is 158. The van der Waals surface area contributed by atoms with Crippen molar-refractivity contribution in [1.82, 2.24) is 41.3 Å². The Bertz CT molecular complexity index is 3250. The van der Waals surface area contributed by atoms with E-state index in [4.69, 9.17) is 40.1 Å². The molecule has 0 bridgehead atoms. The Labute approximate surface area is 534 Å². The summed E-state index contributed by atoms with van der Waals surface area (Å²) in [6.45, 7) is -1.59. The molecule has 498 valence electrons. The van der Waals surface area contributed by atoms with Crippen molar-refractivity contribution in [2.24, 2.45) is 55.1 Å². The molecule has 2 fully saturated rings. The second-order valence-corrected chi connectivity index (χ2v) is 23.9. The van der Waals surface area contributed by atoms with Gasteiger partial charge in [0.25, 0.3) is 5.91 Å². The lowest BCUT2D eigenvalue weighted by Gasteiger charge is -2.40. The molecule has 92 heavy (non-hydrogen) atoms. The number of anilines is 1. The number of aliphatic hydroxyl groups excluding tert-OH is 2. The van der Waals surface area contributed by atoms with Crippen molar-refractivity contribution in [1.29, 1.82) is 0 Å². The molecular weight excluding hydrogens is 1210 g/mol. The number of benzene rings is 2. The van der Waals surface area contributed by atoms with Gasteiger partial charge in [-0.1, -0.05) is 48.5 Å². The van der Waals surface area contributed by atoms with Crippen LogP contribution in [0.3, 0.4) is 0 Å². The predicted octanol–water partition coefficient (Wildman–Crippen LogP) is -5.22. The van der Waals surface area contributed by atoms with E-state index in [1.165, 1.54) is 26.0 Å². The Morgan fingerprint density at radius 3 is 1.84 bits per heavy atom. The second kappa shape index (κ2) is 33.0. The van der Waals surface area contributed by atoms with Crippen LogP contribution in [0.15, 0.2) is 81.0 Å². The molecule has 4 aliphatic heterocycles. The molecule has 0 saturated carbocycles. The van der Waals surface area contributed by atoms with Crippen molar-refractivity contribution in [3.8, 4) is 0 Å². The first kappa shape index (κ1) is 70.0. The first-order valence-corrected chi connectivity index (χ1v) is 31.2. The zero-order chi connectivity index (χ0) is 66.8. The lowest BCUT2D eigenvalue weighted by Crippen LogP contribution is -2.62. The SMILES string of the molecule is NC(N)=NCCC[C@H](NC(=O)[C@@H]1Cc2ccccc2N1C(=O)[C@@H]1Cc2ccccc2CN1C(=O)[C@H](CO)NC(=O)[C@H](Cc1cccs1)NC(=O)CNC(=O)[C@@H]1CC(O)CN1C(=O)[C@@H]1CCCN1C(=O)[C@@H](CCCN=C(N)N)NC(=O)[C@@H](N)CCCN=C(N)N)C(=O)O. The minimum atomic E-state index is -1.70. The number of aliphatic carboxylic acids is 1. The number of amides is 9. The Morgan fingerprint density at radius 2 is 1.21 bits per heavy atom. The largest absolute Gasteiger partial charge is 0.480 e. The smallest absolute Gasteiger partial charge is 0.326 e. The third-order valence-electron chi connectivity index (χ3n) is 16.3. The molecule has 2 saturated heterocycles. The standard InChI is InChI=1S/C59H83N19O13S/c60-37(14-5-19-67-57(61)62)48(82)72-38(15-6-20-68-58(63)64)52(86)75-22-8-18-43(75)54(88)77-30-35(80)26-44(77)50(84)70-28-47(81)71-40(27-36-13-9-23-92-36)49(83)74-41(31-79)53(87)76-29-34-12-2-1-10-32(34)24-46(76)55(89)78-42-17-4-3-11-33(42)25-45(78)51(85)73-39(56(90)91)16-7-21-69-59(65)66/h1-4,9-13,17,23,35,37-41,43-46,79-80H,5-8,14-16,18-22,24-31,60H2,(H,70,84)(H,71,81)(H,72,82)(H,73,85)(H,74,83)(H,90,91)(H4,61,62,67)(H4,63,64,68)(H4,65,66,69)/t35?,37-,38+,39-,40-,41-,43-,44-,45-,46-/m0/s1. The van der Waals surface area contributed by atoms with Crippen molar-refractivity contribution in [2.45, 2.75) is 144 Å². The van der Waals surface area contributed by atoms with E-state index >= 15 is 4.79 Å². The number of carboxylic acids is 1. The van der Waals surface area contributed by atoms with Gasteiger partial charge in [0.05, 0.1) is 25.3 Å². The van der Waals surface area contributed by atoms with Crippen LogP contribution in [-0.2, 0) is 73.8 Å². The molecule has 0 spiro atoms. The van der Waals surface area contributed by atoms with E-state index in [2.05, 4.69) is 41.6 Å². The number of carbonyl (C=O) groups is 10. The summed E-state index contributed by atoms with van der Waals surface area (Å²) in [6, 6.07) is 5.52. The molecule has 4 aliphatic rings. The quantitative estimate of drug-likeness (QED) is 0.0168. The Balaban J connectivity index is 1.02. The van der Waals surface area contributed by atoms with Crippen LogP contribution in [0.2, 0.25) is 0 Å². The first-order chi connectivity index (χ1) is 43.9. The van der Waals surface area contributed by atoms with Crippen molar-refractivity contribution >= 4 is 94.0 Å². The number of aliphatic hydroxyl groups is 2. The van der Waals surface area contributed by atoms with Crippen LogP contribution >= 0.6 is 11.3 Å². The van der Waals surface area contributed by atoms with Crippen molar-refractivity contribution in [3.05, 3.63) is 87.6 Å². The van der Waals surface area contributed by atoms with Gasteiger partial charge in [-0.25, -0.2) is 4.79 Å². The average Bonchev–Trinajstić information content (AvgIpc) is 1.49. The monoisotopic (exact) mass is 1300 g/mol. The fourth-order valence-corrected chi connectivity index (χ4v) is 12.5. The van der Waals surface area contributed by atoms with Gasteiger partial charge in [-0.2, -0.15) is 0 Å². The van der Waals surface area contributed by atoms with Gasteiger partial charge in [-0.05, 0) is 85.6 Å². The normalized spacial score (nSPS) is 19.8. The van der Waals surface area contributed by atoms with Crippen molar-refractivity contribution in [3.63, 3.8) is 0 Å². The van der Waals surface area contributed by atoms with Gasteiger partial charge in [0.15, 0.2) is 17.9 Å². The summed E-state index contributed by atoms with van der Waals surface area (Å²) < 4.78 is 0. The van der Waals surface area contributed by atoms with Crippen LogP contribution in [-0.4, -0.2) is 213 Å². The molecule has 1 unspecified atom stereocenters. The summed E-state index contributed by atoms with van der Waals surface area (Å²) in [5, 5.41) is 46.5. The molecule has 22 N–H and O–H groups in total. The molecule has 3 aromatic rings. The third-order valence-corrected chi connectivity index (χ3v) is 17.2. The number of nitrogens with two attached hydrogens (primary N) is 7. The van der Waals surface area contributed by atoms with Gasteiger partial charge in [-0.3, -0.25) is 63.0 Å². The summed E-state index contributed by atoms with van der Waals surface area (Å²) >= 11 is 1.26. The highest BCUT2D eigenvalue weighted by molar-refractivity contribution is 7.09. The number of nitrogens with zero attached hydrogens (tertiary/aromatic N) is 7. The molecule has 7 rings (SSSR count). The maximum Gasteiger partial charge on any atom is 0.326 e. The number of aliphatic imine (C=N–C) groups is 3. The van der Waals surface area contributed by atoms with Gasteiger partial charge in [0.2, 0.25) is 47.3 Å². The number of carbonyl (C=O) groups excluding carboxylic acids is 9. The number of β-amino-alcohol motifs (C(OH)–C–C–N with tert-alkyl or cyclic N) is 1. The van der Waals surface area contributed by atoms with Gasteiger partial charge in [-0.15, -0.1) is 11.3 Å². The fraction of sp³-hybridized carbons (Fsp3) is 0.508. The van der Waals surface area contributed by atoms with Crippen LogP contribution in [0.5, 0.6) is 0 Å². The highest BCUT2D eigenvalue weighted by atomic mass is 32.1. The minimum absolute atomic E-state index is 0.00575. The van der Waals surface area contributed by atoms with Crippen molar-refractivity contribution < 1.29 is 63.3 Å². The average molecular weight is 1300 g/mol. The maximum absolute atomic E-state index is 15.3. The Kier molecular flexibility index (Phi) is 25.1. The number of carboxylic acid groups (broad SMARTS) is 1. The van der Waals surface area contributed by atoms with Crippen LogP contribution < -0.4 is 71.6 Å². The van der Waals surface area contributed by atoms with Crippen molar-refractivity contribution in [2.75, 3.05) is 50.8 Å². The van der Waals surface area contributed by atoms with Crippen LogP contribution in [0.1, 0.15) is 79.4 Å². The molecule has 32 nitrogen and oxygen atoms in total. The lowest BCUT2D eigenvalue weighted by molar-refractivity contribution is -0.148. The number of guanidine groups is 3. The highest BCUT2D eigenvalue weighted by Crippen LogP contribution is 2.36. The zero-order valence-electron chi connectivity index (χ0n) is 50.8. The zero-order valence-corrected chi connectivity index (χ0v) is 51.6. The fourth-order valence-electron chi connectivity index (χ4n) is 11.7. The molecule has 10 atom stereocenters. The van der Waals surface area contributed by atoms with Gasteiger partial charge < -0.3 is 96.7 Å². The molecule has 33 heteroatoms. The van der Waals surface area contributed by atoms with Gasteiger partial charge >= 0.3 is 5.97 Å². The molecule has 0 aliphatic carbocycles. The summed E-state index contributed by atoms with van der Waals surface area (Å²) in [5.41, 5.74) is 41.1. The molecule has 1 aromatic heterocycles. The number of likely N-dealkylation sites (tertiary alicyclic amines) is 2. The topological polar surface area (TPSA) is 524 Å². The number of rotatable bonds is 30. The van der Waals surface area contributed by atoms with Crippen LogP contribution in [0.25, 0.3) is 0 Å². The molecule has 2 aromatic carbocycles. The minimum Gasteiger partial charge on any atom is -0.480 e. The molecule has 5 heterocycles. The number of hydrogen-bond acceptors (Lipinski definition) is 17. The number of para-hydroxylation sites is 1. The third kappa shape index (κ3) is 18.6. The number of hydrogen-bond donors (Lipinski definition) is 15. The predicted molar refractivity (Wildman–Crippen MR) is 338 cm³/mol. The van der Waals surface area contributed by atoms with Crippen LogP contribution in [0.4, 0.5) is 5.69 Å². The molecule has 9 amide bonds. The molecule has 0 radical (unpaired) electrons. The molecular formula is C59H83N19O13S. The summed E-state index contributed by atoms with van der Waals surface area (Å²) in [5.74, 6) is -8.68. The van der Waals surface area contributed by atoms with E-state index in [1.807, 2.05) is 0 Å². The van der Waals surface area contributed by atoms with E-state index in [9.17, 15) is 58.5 Å². The van der Waals surface area contributed by atoms with Gasteiger partial charge in [0.1, 0.15) is 48.3 Å². The van der Waals surface area contributed by atoms with E-state index in [0.29, 0.717) is 40.1 Å². The van der Waals surface area contributed by atoms with Gasteiger partial charge in [0, 0.05) is 75.5 Å². The Morgan fingerprint density at radius 1 is 0.609 bits per heavy atom. The van der Waals surface area contributed by atoms with Crippen LogP contribution in [0, 0.1) is 0 Å². The van der Waals surface area contributed by atoms with E-state index in [1.54, 1.807) is 66.0 Å². The van der Waals surface area contributed by atoms with E-state index in [0.717, 1.165) is 4.90 Å². The summed E-state index contributed by atoms with van der Waals surface area (Å²) in [7, 11) is 0. The van der Waals surface area contributed by atoms with E-state index in [-0.39, 0.29) is 121 Å². The lowest BCUT2D eigenvalue weighted by atomic mass is 9.92.